The topological polar surface area (TPSA) is 96.2 Å². The molecule has 6 rings (SSSR count). The van der Waals surface area contributed by atoms with Gasteiger partial charge in [0.15, 0.2) is 0 Å². The maximum atomic E-state index is 13.2. The Balaban J connectivity index is 1.33. The van der Waals surface area contributed by atoms with Gasteiger partial charge in [-0.3, -0.25) is 14.6 Å². The van der Waals surface area contributed by atoms with Crippen molar-refractivity contribution < 1.29 is 9.59 Å². The number of fused-ring (bicyclic) bond motifs is 4. The molecule has 1 N–H and O–H groups in total. The normalized spacial score (nSPS) is 20.3. The number of carbonyl (C=O) groups is 2. The van der Waals surface area contributed by atoms with Gasteiger partial charge in [-0.25, -0.2) is 9.97 Å². The first kappa shape index (κ1) is 20.3. The molecule has 2 aliphatic heterocycles. The maximum absolute atomic E-state index is 13.2. The number of pyridine rings is 1. The van der Waals surface area contributed by atoms with Crippen LogP contribution in [0.1, 0.15) is 52.5 Å². The summed E-state index contributed by atoms with van der Waals surface area (Å²) in [6.45, 7) is 4.51. The van der Waals surface area contributed by atoms with Gasteiger partial charge in [0.25, 0.3) is 5.91 Å². The summed E-state index contributed by atoms with van der Waals surface area (Å²) in [6.07, 6.45) is 7.63. The van der Waals surface area contributed by atoms with Crippen LogP contribution in [-0.2, 0) is 5.54 Å². The highest BCUT2D eigenvalue weighted by Gasteiger charge is 2.43. The van der Waals surface area contributed by atoms with Crippen molar-refractivity contribution in [3.05, 3.63) is 47.8 Å². The van der Waals surface area contributed by atoms with Crippen LogP contribution in [0.15, 0.2) is 30.6 Å². The van der Waals surface area contributed by atoms with Crippen molar-refractivity contribution in [2.75, 3.05) is 44.7 Å². The largest absolute Gasteiger partial charge is 0.368 e. The number of amides is 1. The van der Waals surface area contributed by atoms with Crippen molar-refractivity contribution in [1.29, 1.82) is 0 Å². The van der Waals surface area contributed by atoms with Crippen molar-refractivity contribution in [2.24, 2.45) is 0 Å². The zero-order valence-electron chi connectivity index (χ0n) is 18.8. The van der Waals surface area contributed by atoms with Crippen LogP contribution in [0.2, 0.25) is 0 Å². The van der Waals surface area contributed by atoms with E-state index in [0.717, 1.165) is 62.9 Å². The monoisotopic (exact) mass is 445 g/mol. The summed E-state index contributed by atoms with van der Waals surface area (Å²) in [5.41, 5.74) is 2.44. The highest BCUT2D eigenvalue weighted by atomic mass is 16.2. The molecule has 0 unspecified atom stereocenters. The number of nitrogens with zero attached hydrogens (tertiary/aromatic N) is 6. The molecule has 9 nitrogen and oxygen atoms in total. The Morgan fingerprint density at radius 3 is 2.58 bits per heavy atom. The van der Waals surface area contributed by atoms with Gasteiger partial charge in [0, 0.05) is 44.3 Å². The summed E-state index contributed by atoms with van der Waals surface area (Å²) in [5, 5.41) is 3.82. The molecule has 0 bridgehead atoms. The number of piperazine rings is 1. The average molecular weight is 446 g/mol. The number of carbonyl (C=O) groups excluding carboxylic acids is 2. The van der Waals surface area contributed by atoms with Crippen LogP contribution in [0.3, 0.4) is 0 Å². The minimum Gasteiger partial charge on any atom is -0.368 e. The van der Waals surface area contributed by atoms with E-state index in [0.29, 0.717) is 23.6 Å². The Bertz CT molecular complexity index is 1240. The van der Waals surface area contributed by atoms with Crippen LogP contribution in [0.4, 0.5) is 5.69 Å². The number of anilines is 1. The molecule has 170 valence electrons. The van der Waals surface area contributed by atoms with Crippen molar-refractivity contribution in [3.63, 3.8) is 0 Å². The van der Waals surface area contributed by atoms with Gasteiger partial charge in [0.1, 0.15) is 17.0 Å². The number of nitrogens with one attached hydrogen (secondary N) is 1. The van der Waals surface area contributed by atoms with Gasteiger partial charge < -0.3 is 19.7 Å². The third-order valence-corrected chi connectivity index (χ3v) is 7.41. The summed E-state index contributed by atoms with van der Waals surface area (Å²) in [5.74, 6) is -0.292. The molecule has 3 aromatic rings. The summed E-state index contributed by atoms with van der Waals surface area (Å²) < 4.78 is 2.07. The molecule has 1 aliphatic carbocycles. The highest BCUT2D eigenvalue weighted by Crippen LogP contribution is 2.41. The Labute approximate surface area is 191 Å². The molecule has 2 fully saturated rings. The molecule has 1 spiro atoms. The molecule has 1 amide bonds. The lowest BCUT2D eigenvalue weighted by molar-refractivity contribution is 0.0876. The Kier molecular flexibility index (Phi) is 4.69. The second kappa shape index (κ2) is 7.62. The van der Waals surface area contributed by atoms with Gasteiger partial charge >= 0.3 is 0 Å². The molecule has 0 aromatic carbocycles. The van der Waals surface area contributed by atoms with Crippen LogP contribution < -0.4 is 10.2 Å². The summed E-state index contributed by atoms with van der Waals surface area (Å²) >= 11 is 0. The highest BCUT2D eigenvalue weighted by molar-refractivity contribution is 6.06. The van der Waals surface area contributed by atoms with Gasteiger partial charge in [-0.15, -0.1) is 0 Å². The molecule has 5 heterocycles. The first-order valence-corrected chi connectivity index (χ1v) is 11.7. The number of rotatable bonds is 3. The van der Waals surface area contributed by atoms with Crippen LogP contribution in [0.25, 0.3) is 11.0 Å². The fourth-order valence-corrected chi connectivity index (χ4v) is 5.48. The van der Waals surface area contributed by atoms with Gasteiger partial charge in [-0.1, -0.05) is 12.8 Å². The third kappa shape index (κ3) is 3.30. The van der Waals surface area contributed by atoms with E-state index in [4.69, 9.17) is 0 Å². The van der Waals surface area contributed by atoms with Crippen molar-refractivity contribution in [1.82, 2.24) is 29.7 Å². The lowest BCUT2D eigenvalue weighted by Crippen LogP contribution is -2.50. The van der Waals surface area contributed by atoms with E-state index in [-0.39, 0.29) is 23.1 Å². The molecule has 0 radical (unpaired) electrons. The molecule has 33 heavy (non-hydrogen) atoms. The predicted molar refractivity (Wildman–Crippen MR) is 124 cm³/mol. The Hall–Kier alpha value is -3.33. The van der Waals surface area contributed by atoms with E-state index in [1.165, 1.54) is 0 Å². The summed E-state index contributed by atoms with van der Waals surface area (Å²) in [6, 6.07) is 5.53. The fourth-order valence-electron chi connectivity index (χ4n) is 5.48. The smallest absolute Gasteiger partial charge is 0.268 e. The molecule has 1 saturated carbocycles. The molecular formula is C24H27N7O2. The van der Waals surface area contributed by atoms with Gasteiger partial charge in [0.2, 0.25) is 11.6 Å². The molecule has 3 aliphatic rings. The Morgan fingerprint density at radius 1 is 1.06 bits per heavy atom. The van der Waals surface area contributed by atoms with E-state index < -0.39 is 0 Å². The number of hydrogen-bond acceptors (Lipinski definition) is 7. The van der Waals surface area contributed by atoms with Crippen LogP contribution in [0, 0.1) is 0 Å². The first-order valence-electron chi connectivity index (χ1n) is 11.7. The van der Waals surface area contributed by atoms with Gasteiger partial charge in [-0.2, -0.15) is 0 Å². The van der Waals surface area contributed by atoms with E-state index in [1.807, 2.05) is 12.1 Å². The third-order valence-electron chi connectivity index (χ3n) is 7.41. The van der Waals surface area contributed by atoms with E-state index in [9.17, 15) is 9.59 Å². The number of hydrogen-bond donors (Lipinski definition) is 1. The zero-order chi connectivity index (χ0) is 22.6. The molecular weight excluding hydrogens is 418 g/mol. The van der Waals surface area contributed by atoms with Crippen molar-refractivity contribution in [3.8, 4) is 0 Å². The van der Waals surface area contributed by atoms with E-state index in [1.54, 1.807) is 18.5 Å². The minimum absolute atomic E-state index is 0.0976. The molecule has 9 heteroatoms. The second-order valence-corrected chi connectivity index (χ2v) is 9.47. The first-order chi connectivity index (χ1) is 16.0. The van der Waals surface area contributed by atoms with E-state index in [2.05, 4.69) is 41.7 Å². The van der Waals surface area contributed by atoms with Gasteiger partial charge in [-0.05, 0) is 38.1 Å². The lowest BCUT2D eigenvalue weighted by Gasteiger charge is -2.37. The van der Waals surface area contributed by atoms with Gasteiger partial charge in [0.05, 0.1) is 17.4 Å². The summed E-state index contributed by atoms with van der Waals surface area (Å²) in [7, 11) is 2.12. The molecule has 0 atom stereocenters. The lowest BCUT2D eigenvalue weighted by atomic mass is 9.94. The molecule has 1 saturated heterocycles. The Morgan fingerprint density at radius 2 is 1.85 bits per heavy atom. The SMILES string of the molecule is CN1CCN(c2ccc(C(=O)c3ncc4cc5n(c4n3)C3(CCCC3)CNC5=O)nc2)CC1. The van der Waals surface area contributed by atoms with E-state index >= 15 is 0 Å². The van der Waals surface area contributed by atoms with Crippen molar-refractivity contribution in [2.45, 2.75) is 31.2 Å². The fraction of sp³-hybridized carbons (Fsp3) is 0.458. The number of ketones is 1. The van der Waals surface area contributed by atoms with Crippen LogP contribution in [0.5, 0.6) is 0 Å². The zero-order valence-corrected chi connectivity index (χ0v) is 18.8. The standard InChI is InChI=1S/C24H27N7O2/c1-29-8-10-30(11-9-29)17-4-5-18(25-14-17)20(32)21-26-13-16-12-19-23(33)27-15-24(6-2-3-7-24)31(19)22(16)28-21/h4-5,12-14H,2-3,6-11,15H2,1H3,(H,27,33). The quantitative estimate of drug-likeness (QED) is 0.615. The van der Waals surface area contributed by atoms with Crippen molar-refractivity contribution >= 4 is 28.4 Å². The second-order valence-electron chi connectivity index (χ2n) is 9.47. The number of aromatic nitrogens is 4. The maximum Gasteiger partial charge on any atom is 0.268 e. The summed E-state index contributed by atoms with van der Waals surface area (Å²) in [4.78, 5) is 43.7. The predicted octanol–water partition coefficient (Wildman–Crippen LogP) is 1.82. The minimum atomic E-state index is -0.307. The average Bonchev–Trinajstić information content (AvgIpc) is 3.47. The van der Waals surface area contributed by atoms with Crippen LogP contribution >= 0.6 is 0 Å². The van der Waals surface area contributed by atoms with Crippen LogP contribution in [-0.4, -0.2) is 75.9 Å². The number of likely N-dealkylation sites (N-methyl/N-ethyl adjacent to an activating group) is 1. The molecule has 3 aromatic heterocycles.